The highest BCUT2D eigenvalue weighted by atomic mass is 19.4. The number of likely N-dealkylation sites (tertiary alicyclic amines) is 1. The predicted molar refractivity (Wildman–Crippen MR) is 186 cm³/mol. The van der Waals surface area contributed by atoms with Crippen molar-refractivity contribution in [1.82, 2.24) is 29.3 Å². The number of piperazine rings is 1. The maximum atomic E-state index is 15.2. The van der Waals surface area contributed by atoms with Crippen LogP contribution in [-0.2, 0) is 17.5 Å². The van der Waals surface area contributed by atoms with Gasteiger partial charge in [0.25, 0.3) is 5.56 Å². The van der Waals surface area contributed by atoms with Gasteiger partial charge in [-0.1, -0.05) is 54.6 Å². The van der Waals surface area contributed by atoms with E-state index in [1.54, 1.807) is 17.0 Å². The number of likely N-dealkylation sites (N-methyl/N-ethyl adjacent to an activating group) is 1. The van der Waals surface area contributed by atoms with Crippen molar-refractivity contribution in [3.05, 3.63) is 94.3 Å². The minimum absolute atomic E-state index is 0.00358. The summed E-state index contributed by atoms with van der Waals surface area (Å²) < 4.78 is 71.9. The van der Waals surface area contributed by atoms with E-state index >= 15 is 4.39 Å². The number of amides is 1. The van der Waals surface area contributed by atoms with Crippen LogP contribution in [0.2, 0.25) is 0 Å². The quantitative estimate of drug-likeness (QED) is 0.183. The zero-order valence-electron chi connectivity index (χ0n) is 28.6. The minimum Gasteiger partial charge on any atom is -0.462 e. The zero-order valence-corrected chi connectivity index (χ0v) is 28.6. The van der Waals surface area contributed by atoms with E-state index in [2.05, 4.69) is 25.9 Å². The Morgan fingerprint density at radius 3 is 2.45 bits per heavy atom. The van der Waals surface area contributed by atoms with Crippen LogP contribution in [-0.4, -0.2) is 87.3 Å². The van der Waals surface area contributed by atoms with Crippen LogP contribution in [0.5, 0.6) is 6.01 Å². The number of halogens is 4. The molecule has 0 aliphatic carbocycles. The molecule has 0 radical (unpaired) electrons. The third-order valence-corrected chi connectivity index (χ3v) is 9.63. The molecular formula is C37H34F4N8O4. The molecule has 274 valence electrons. The molecule has 2 saturated heterocycles. The van der Waals surface area contributed by atoms with Gasteiger partial charge in [-0.2, -0.15) is 28.4 Å². The van der Waals surface area contributed by atoms with Crippen molar-refractivity contribution >= 4 is 33.7 Å². The average molecular weight is 731 g/mol. The van der Waals surface area contributed by atoms with E-state index in [-0.39, 0.29) is 73.6 Å². The molecule has 16 heteroatoms. The fraction of sp³-hybridized carbons (Fsp3) is 0.351. The molecule has 1 amide bonds. The van der Waals surface area contributed by atoms with Crippen molar-refractivity contribution < 1.29 is 31.8 Å². The van der Waals surface area contributed by atoms with Crippen molar-refractivity contribution in [2.75, 3.05) is 44.7 Å². The highest BCUT2D eigenvalue weighted by Crippen LogP contribution is 2.35. The molecule has 2 aliphatic heterocycles. The monoisotopic (exact) mass is 730 g/mol. The first-order valence-electron chi connectivity index (χ1n) is 17.1. The largest absolute Gasteiger partial charge is 0.462 e. The van der Waals surface area contributed by atoms with Crippen LogP contribution < -0.4 is 15.2 Å². The number of rotatable bonds is 8. The van der Waals surface area contributed by atoms with Gasteiger partial charge in [-0.3, -0.25) is 9.36 Å². The highest BCUT2D eigenvalue weighted by molar-refractivity contribution is 5.92. The molecule has 5 aromatic rings. The molecule has 2 atom stereocenters. The Bertz CT molecular complexity index is 2260. The molecule has 2 aliphatic rings. The molecule has 4 heterocycles. The number of nitriles is 1. The molecule has 12 nitrogen and oxygen atoms in total. The lowest BCUT2D eigenvalue weighted by molar-refractivity contribution is -0.146. The van der Waals surface area contributed by atoms with Crippen LogP contribution in [0.15, 0.2) is 71.5 Å². The van der Waals surface area contributed by atoms with Gasteiger partial charge < -0.3 is 24.2 Å². The van der Waals surface area contributed by atoms with Gasteiger partial charge in [0.05, 0.1) is 24.2 Å². The van der Waals surface area contributed by atoms with Gasteiger partial charge in [0.2, 0.25) is 5.82 Å². The molecule has 53 heavy (non-hydrogen) atoms. The maximum absolute atomic E-state index is 15.2. The number of aromatic nitrogens is 4. The lowest BCUT2D eigenvalue weighted by Gasteiger charge is -2.40. The number of nitrogens with zero attached hydrogens (tertiary/aromatic N) is 8. The molecule has 0 bridgehead atoms. The van der Waals surface area contributed by atoms with E-state index in [1.165, 1.54) is 35.2 Å². The predicted octanol–water partition coefficient (Wildman–Crippen LogP) is 5.70. The molecule has 7 rings (SSSR count). The minimum atomic E-state index is -5.18. The fourth-order valence-corrected chi connectivity index (χ4v) is 6.93. The Kier molecular flexibility index (Phi) is 9.84. The molecule has 0 spiro atoms. The molecular weight excluding hydrogens is 696 g/mol. The SMILES string of the molecule is CN1CCCC1COc1nc(N2CCN(C(=O)OCc3ccccc3)C(CC#N)C2)c2nc(C(F)(F)F)n(-c3cccc4cccc(F)c34)c(=O)c2n1. The summed E-state index contributed by atoms with van der Waals surface area (Å²) >= 11 is 0. The lowest BCUT2D eigenvalue weighted by atomic mass is 10.1. The topological polar surface area (TPSA) is 130 Å². The van der Waals surface area contributed by atoms with E-state index in [0.717, 1.165) is 31.0 Å². The van der Waals surface area contributed by atoms with Gasteiger partial charge in [-0.25, -0.2) is 14.2 Å². The average Bonchev–Trinajstić information content (AvgIpc) is 3.57. The Labute approximate surface area is 300 Å². The second-order valence-corrected chi connectivity index (χ2v) is 13.0. The number of hydrogen-bond donors (Lipinski definition) is 0. The van der Waals surface area contributed by atoms with E-state index in [4.69, 9.17) is 9.47 Å². The first-order chi connectivity index (χ1) is 25.5. The van der Waals surface area contributed by atoms with Gasteiger partial charge in [0.1, 0.15) is 24.5 Å². The van der Waals surface area contributed by atoms with Crippen LogP contribution in [0.3, 0.4) is 0 Å². The zero-order chi connectivity index (χ0) is 37.3. The van der Waals surface area contributed by atoms with E-state index in [0.29, 0.717) is 4.57 Å². The first-order valence-corrected chi connectivity index (χ1v) is 17.1. The van der Waals surface area contributed by atoms with Crippen LogP contribution in [0.25, 0.3) is 27.5 Å². The summed E-state index contributed by atoms with van der Waals surface area (Å²) in [5.74, 6) is -2.56. The molecule has 3 aromatic carbocycles. The van der Waals surface area contributed by atoms with Gasteiger partial charge in [0, 0.05) is 31.1 Å². The summed E-state index contributed by atoms with van der Waals surface area (Å²) in [6.07, 6.45) is -4.18. The summed E-state index contributed by atoms with van der Waals surface area (Å²) in [7, 11) is 1.94. The fourth-order valence-electron chi connectivity index (χ4n) is 6.93. The van der Waals surface area contributed by atoms with E-state index < -0.39 is 46.5 Å². The van der Waals surface area contributed by atoms with Crippen LogP contribution in [0.1, 0.15) is 30.7 Å². The van der Waals surface area contributed by atoms with Gasteiger partial charge in [-0.05, 0) is 49.5 Å². The van der Waals surface area contributed by atoms with E-state index in [1.807, 2.05) is 25.2 Å². The van der Waals surface area contributed by atoms with Crippen molar-refractivity contribution in [3.8, 4) is 17.8 Å². The number of carbonyl (C=O) groups is 1. The third kappa shape index (κ3) is 7.16. The van der Waals surface area contributed by atoms with Gasteiger partial charge in [0.15, 0.2) is 11.3 Å². The Morgan fingerprint density at radius 2 is 1.74 bits per heavy atom. The maximum Gasteiger partial charge on any atom is 0.450 e. The number of fused-ring (bicyclic) bond motifs is 2. The molecule has 2 unspecified atom stereocenters. The molecule has 2 fully saturated rings. The number of benzene rings is 3. The van der Waals surface area contributed by atoms with E-state index in [9.17, 15) is 28.0 Å². The summed E-state index contributed by atoms with van der Waals surface area (Å²) in [5, 5.41) is 9.76. The number of carbonyl (C=O) groups excluding carboxylic acids is 1. The van der Waals surface area contributed by atoms with Crippen LogP contribution >= 0.6 is 0 Å². The number of anilines is 1. The molecule has 0 N–H and O–H groups in total. The normalized spacial score (nSPS) is 18.0. The summed E-state index contributed by atoms with van der Waals surface area (Å²) in [5.41, 5.74) is -1.74. The first kappa shape index (κ1) is 35.6. The van der Waals surface area contributed by atoms with Crippen molar-refractivity contribution in [3.63, 3.8) is 0 Å². The second-order valence-electron chi connectivity index (χ2n) is 13.0. The summed E-state index contributed by atoms with van der Waals surface area (Å²) in [6, 6.07) is 18.3. The third-order valence-electron chi connectivity index (χ3n) is 9.63. The highest BCUT2D eigenvalue weighted by Gasteiger charge is 2.40. The second kappa shape index (κ2) is 14.7. The lowest BCUT2D eigenvalue weighted by Crippen LogP contribution is -2.55. The Morgan fingerprint density at radius 1 is 0.962 bits per heavy atom. The molecule has 0 saturated carbocycles. The van der Waals surface area contributed by atoms with Gasteiger partial charge in [-0.15, -0.1) is 0 Å². The Balaban J connectivity index is 1.33. The van der Waals surface area contributed by atoms with Crippen LogP contribution in [0, 0.1) is 17.1 Å². The smallest absolute Gasteiger partial charge is 0.450 e. The Hall–Kier alpha value is -5.82. The number of hydrogen-bond acceptors (Lipinski definition) is 10. The van der Waals surface area contributed by atoms with Crippen molar-refractivity contribution in [2.24, 2.45) is 0 Å². The van der Waals surface area contributed by atoms with Crippen molar-refractivity contribution in [2.45, 2.75) is 44.1 Å². The van der Waals surface area contributed by atoms with Crippen molar-refractivity contribution in [1.29, 1.82) is 5.26 Å². The molecule has 2 aromatic heterocycles. The standard InChI is InChI=1S/C37H34F4N8O4/c1-46-17-7-12-26(46)22-52-35-44-31-30(43-34(37(39,40)41)49(33(31)50)28-14-6-11-24-10-5-13-27(38)29(24)28)32(45-35)47-18-19-48(25(20-47)15-16-42)36(51)53-21-23-8-3-2-4-9-23/h2-6,8-11,13-14,25-26H,7,12,15,17-22H2,1H3. The van der Waals surface area contributed by atoms with Crippen LogP contribution in [0.4, 0.5) is 28.2 Å². The number of alkyl halides is 3. The summed E-state index contributed by atoms with van der Waals surface area (Å²) in [4.78, 5) is 45.4. The number of ether oxygens (including phenoxy) is 2. The van der Waals surface area contributed by atoms with Gasteiger partial charge >= 0.3 is 18.3 Å². The summed E-state index contributed by atoms with van der Waals surface area (Å²) in [6.45, 7) is 1.02.